The number of pyridine rings is 1. The molecule has 1 aromatic heterocycles. The number of fused-ring (bicyclic) bond motifs is 2. The molecule has 9 heteroatoms. The van der Waals surface area contributed by atoms with Crippen LogP contribution in [0.15, 0.2) is 24.3 Å². The molecular formula is C26H28N4O5. The summed E-state index contributed by atoms with van der Waals surface area (Å²) in [4.78, 5) is 43.3. The van der Waals surface area contributed by atoms with Crippen LogP contribution in [-0.2, 0) is 21.5 Å². The summed E-state index contributed by atoms with van der Waals surface area (Å²) in [6.45, 7) is 6.33. The smallest absolute Gasteiger partial charge is 0.307 e. The number of nitrogens with one attached hydrogen (secondary N) is 2. The third-order valence-electron chi connectivity index (χ3n) is 6.62. The number of rotatable bonds is 6. The number of amidine groups is 1. The minimum absolute atomic E-state index is 0.00671. The molecular weight excluding hydrogens is 448 g/mol. The van der Waals surface area contributed by atoms with Gasteiger partial charge in [-0.15, -0.1) is 0 Å². The second-order valence-corrected chi connectivity index (χ2v) is 10.5. The lowest BCUT2D eigenvalue weighted by Gasteiger charge is -2.31. The van der Waals surface area contributed by atoms with Gasteiger partial charge in [0.1, 0.15) is 17.3 Å². The van der Waals surface area contributed by atoms with Gasteiger partial charge >= 0.3 is 5.97 Å². The second kappa shape index (κ2) is 8.18. The minimum Gasteiger partial charge on any atom is -0.481 e. The number of ketones is 1. The fraction of sp³-hybridized carbons (Fsp3) is 0.423. The summed E-state index contributed by atoms with van der Waals surface area (Å²) in [5.41, 5.74) is 3.61. The largest absolute Gasteiger partial charge is 0.481 e. The number of aliphatic carboxylic acids is 1. The van der Waals surface area contributed by atoms with Gasteiger partial charge in [-0.1, -0.05) is 26.8 Å². The van der Waals surface area contributed by atoms with Crippen molar-refractivity contribution in [2.75, 3.05) is 11.9 Å². The molecule has 9 nitrogen and oxygen atoms in total. The van der Waals surface area contributed by atoms with Gasteiger partial charge in [-0.25, -0.2) is 4.98 Å². The Morgan fingerprint density at radius 1 is 1.26 bits per heavy atom. The third-order valence-corrected chi connectivity index (χ3v) is 6.62. The lowest BCUT2D eigenvalue weighted by Crippen LogP contribution is -2.39. The Morgan fingerprint density at radius 2 is 2.00 bits per heavy atom. The SMILES string of the molecule is CC(C)(C)c1cc(C(=O)CN2Cc3ccc(C4CC4)nc3C2=N)cc2c1OC(CC(=O)O)C(=O)N2. The van der Waals surface area contributed by atoms with Crippen molar-refractivity contribution in [3.63, 3.8) is 0 Å². The molecule has 1 aromatic carbocycles. The molecule has 5 rings (SSSR count). The normalized spacial score (nSPS) is 19.1. The summed E-state index contributed by atoms with van der Waals surface area (Å²) in [6, 6.07) is 7.34. The van der Waals surface area contributed by atoms with Gasteiger partial charge in [0.15, 0.2) is 11.9 Å². The van der Waals surface area contributed by atoms with Gasteiger partial charge in [0.25, 0.3) is 5.91 Å². The van der Waals surface area contributed by atoms with Crippen molar-refractivity contribution < 1.29 is 24.2 Å². The Morgan fingerprint density at radius 3 is 2.66 bits per heavy atom. The standard InChI is InChI=1S/C26H28N4O5/c1-26(2,3)16-8-15(9-18-23(16)35-20(10-21(32)33)25(34)29-18)19(31)12-30-11-14-6-7-17(13-4-5-13)28-22(14)24(30)27/h6-9,13,20,27H,4-5,10-12H2,1-3H3,(H,29,34)(H,32,33). The summed E-state index contributed by atoms with van der Waals surface area (Å²) in [7, 11) is 0. The summed E-state index contributed by atoms with van der Waals surface area (Å²) in [6.07, 6.45) is 0.670. The highest BCUT2D eigenvalue weighted by molar-refractivity contribution is 6.06. The lowest BCUT2D eigenvalue weighted by atomic mass is 9.84. The summed E-state index contributed by atoms with van der Waals surface area (Å²) in [5, 5.41) is 20.4. The van der Waals surface area contributed by atoms with E-state index in [1.165, 1.54) is 0 Å². The molecule has 1 saturated carbocycles. The topological polar surface area (TPSA) is 133 Å². The molecule has 1 aliphatic carbocycles. The molecule has 1 unspecified atom stereocenters. The zero-order valence-electron chi connectivity index (χ0n) is 20.0. The minimum atomic E-state index is -1.14. The Bertz CT molecular complexity index is 1280. The number of hydrogen-bond acceptors (Lipinski definition) is 6. The summed E-state index contributed by atoms with van der Waals surface area (Å²) in [5.74, 6) is -0.761. The van der Waals surface area contributed by atoms with Gasteiger partial charge < -0.3 is 20.1 Å². The van der Waals surface area contributed by atoms with Crippen molar-refractivity contribution >= 4 is 29.2 Å². The van der Waals surface area contributed by atoms with E-state index in [2.05, 4.69) is 10.3 Å². The van der Waals surface area contributed by atoms with Crippen molar-refractivity contribution in [1.29, 1.82) is 5.41 Å². The van der Waals surface area contributed by atoms with Crippen LogP contribution < -0.4 is 10.1 Å². The first kappa shape index (κ1) is 23.0. The molecule has 1 amide bonds. The van der Waals surface area contributed by atoms with E-state index < -0.39 is 29.8 Å². The molecule has 1 atom stereocenters. The number of ether oxygens (including phenoxy) is 1. The highest BCUT2D eigenvalue weighted by Gasteiger charge is 2.36. The Balaban J connectivity index is 1.40. The molecule has 182 valence electrons. The number of carboxylic acid groups (broad SMARTS) is 1. The van der Waals surface area contributed by atoms with Crippen LogP contribution in [0.25, 0.3) is 0 Å². The molecule has 3 aliphatic rings. The zero-order valence-corrected chi connectivity index (χ0v) is 20.0. The van der Waals surface area contributed by atoms with Crippen LogP contribution in [-0.4, -0.2) is 51.1 Å². The summed E-state index contributed by atoms with van der Waals surface area (Å²) < 4.78 is 5.82. The number of aromatic nitrogens is 1. The highest BCUT2D eigenvalue weighted by atomic mass is 16.5. The van der Waals surface area contributed by atoms with E-state index in [1.54, 1.807) is 17.0 Å². The van der Waals surface area contributed by atoms with E-state index in [0.717, 1.165) is 24.1 Å². The number of hydrogen-bond donors (Lipinski definition) is 3. The average Bonchev–Trinajstić information content (AvgIpc) is 3.58. The first-order valence-corrected chi connectivity index (χ1v) is 11.8. The molecule has 2 aliphatic heterocycles. The van der Waals surface area contributed by atoms with Crippen LogP contribution in [0.1, 0.15) is 78.8 Å². The molecule has 0 bridgehead atoms. The third kappa shape index (κ3) is 4.38. The van der Waals surface area contributed by atoms with Gasteiger partial charge in [-0.2, -0.15) is 0 Å². The van der Waals surface area contributed by atoms with Crippen LogP contribution >= 0.6 is 0 Å². The number of anilines is 1. The quantitative estimate of drug-likeness (QED) is 0.544. The van der Waals surface area contributed by atoms with Crippen molar-refractivity contribution in [1.82, 2.24) is 9.88 Å². The number of Topliss-reactive ketones (excluding diaryl/α,β-unsaturated/α-hetero) is 1. The fourth-order valence-corrected chi connectivity index (χ4v) is 4.54. The maximum absolute atomic E-state index is 13.3. The molecule has 0 saturated heterocycles. The zero-order chi connectivity index (χ0) is 25.1. The van der Waals surface area contributed by atoms with Gasteiger partial charge in [0, 0.05) is 34.8 Å². The monoisotopic (exact) mass is 476 g/mol. The number of carboxylic acids is 1. The van der Waals surface area contributed by atoms with Crippen molar-refractivity contribution in [3.8, 4) is 5.75 Å². The van der Waals surface area contributed by atoms with Crippen LogP contribution in [0.5, 0.6) is 5.75 Å². The number of carbonyl (C=O) groups is 3. The number of nitrogens with zero attached hydrogens (tertiary/aromatic N) is 2. The van der Waals surface area contributed by atoms with E-state index in [-0.39, 0.29) is 18.2 Å². The maximum atomic E-state index is 13.3. The van der Waals surface area contributed by atoms with Gasteiger partial charge in [0.2, 0.25) is 0 Å². The van der Waals surface area contributed by atoms with E-state index in [1.807, 2.05) is 32.9 Å². The van der Waals surface area contributed by atoms with Crippen LogP contribution in [0.2, 0.25) is 0 Å². The van der Waals surface area contributed by atoms with Gasteiger partial charge in [0.05, 0.1) is 18.7 Å². The predicted molar refractivity (Wildman–Crippen MR) is 128 cm³/mol. The lowest BCUT2D eigenvalue weighted by molar-refractivity contribution is -0.142. The number of amides is 1. The number of benzene rings is 1. The van der Waals surface area contributed by atoms with E-state index in [9.17, 15) is 14.4 Å². The second-order valence-electron chi connectivity index (χ2n) is 10.5. The van der Waals surface area contributed by atoms with Crippen LogP contribution in [0, 0.1) is 5.41 Å². The van der Waals surface area contributed by atoms with E-state index in [4.69, 9.17) is 15.3 Å². The summed E-state index contributed by atoms with van der Waals surface area (Å²) >= 11 is 0. The van der Waals surface area contributed by atoms with Crippen LogP contribution in [0.4, 0.5) is 5.69 Å². The number of carbonyl (C=O) groups excluding carboxylic acids is 2. The fourth-order valence-electron chi connectivity index (χ4n) is 4.54. The van der Waals surface area contributed by atoms with E-state index >= 15 is 0 Å². The van der Waals surface area contributed by atoms with Crippen molar-refractivity contribution in [2.45, 2.75) is 64.0 Å². The molecule has 3 N–H and O–H groups in total. The molecule has 2 aromatic rings. The van der Waals surface area contributed by atoms with Crippen molar-refractivity contribution in [3.05, 3.63) is 52.3 Å². The molecule has 1 fully saturated rings. The molecule has 0 radical (unpaired) electrons. The Labute approximate surface area is 203 Å². The molecule has 35 heavy (non-hydrogen) atoms. The van der Waals surface area contributed by atoms with Gasteiger partial charge in [-0.05, 0) is 36.5 Å². The first-order chi connectivity index (χ1) is 16.5. The maximum Gasteiger partial charge on any atom is 0.307 e. The average molecular weight is 477 g/mol. The van der Waals surface area contributed by atoms with Gasteiger partial charge in [-0.3, -0.25) is 19.8 Å². The first-order valence-electron chi connectivity index (χ1n) is 11.8. The molecule has 0 spiro atoms. The molecule has 3 heterocycles. The highest BCUT2D eigenvalue weighted by Crippen LogP contribution is 2.42. The van der Waals surface area contributed by atoms with Crippen LogP contribution in [0.3, 0.4) is 0 Å². The predicted octanol–water partition coefficient (Wildman–Crippen LogP) is 3.45. The Hall–Kier alpha value is -3.75. The Kier molecular flexibility index (Phi) is 5.38. The van der Waals surface area contributed by atoms with E-state index in [0.29, 0.717) is 40.7 Å². The van der Waals surface area contributed by atoms with Crippen molar-refractivity contribution in [2.24, 2.45) is 0 Å².